The molecule has 2 nitrogen and oxygen atoms in total. The molecule has 188 valence electrons. The van der Waals surface area contributed by atoms with Gasteiger partial charge in [0.2, 0.25) is 0 Å². The van der Waals surface area contributed by atoms with Crippen LogP contribution < -0.4 is 9.47 Å². The van der Waals surface area contributed by atoms with Gasteiger partial charge in [-0.2, -0.15) is 0 Å². The number of fused-ring (bicyclic) bond motifs is 1. The molecule has 5 rings (SSSR count). The second-order valence-corrected chi connectivity index (χ2v) is 9.82. The molecule has 2 atom stereocenters. The monoisotopic (exact) mass is 560 g/mol. The third kappa shape index (κ3) is 6.49. The van der Waals surface area contributed by atoms with Gasteiger partial charge in [0.05, 0.1) is 5.33 Å². The highest BCUT2D eigenvalue weighted by Crippen LogP contribution is 2.47. The van der Waals surface area contributed by atoms with Crippen molar-refractivity contribution < 1.29 is 9.47 Å². The predicted molar refractivity (Wildman–Crippen MR) is 158 cm³/mol. The quantitative estimate of drug-likeness (QED) is 0.169. The highest BCUT2D eigenvalue weighted by Gasteiger charge is 2.32. The largest absolute Gasteiger partial charge is 0.489 e. The highest BCUT2D eigenvalue weighted by molar-refractivity contribution is 9.09. The van der Waals surface area contributed by atoms with Crippen molar-refractivity contribution in [2.24, 2.45) is 0 Å². The minimum atomic E-state index is 0.262. The number of halogens is 1. The molecule has 4 aromatic carbocycles. The Morgan fingerprint density at radius 2 is 1.42 bits per heavy atom. The molecule has 0 radical (unpaired) electrons. The zero-order chi connectivity index (χ0) is 26.0. The summed E-state index contributed by atoms with van der Waals surface area (Å²) in [7, 11) is 0. The van der Waals surface area contributed by atoms with E-state index in [1.807, 2.05) is 18.2 Å². The van der Waals surface area contributed by atoms with Gasteiger partial charge in [-0.3, -0.25) is 0 Å². The first kappa shape index (κ1) is 25.7. The third-order valence-corrected chi connectivity index (χ3v) is 7.19. The molecule has 0 saturated carbocycles. The van der Waals surface area contributed by atoms with E-state index >= 15 is 0 Å². The first-order valence-electron chi connectivity index (χ1n) is 12.9. The van der Waals surface area contributed by atoms with Gasteiger partial charge in [-0.1, -0.05) is 101 Å². The Kier molecular flexibility index (Phi) is 8.83. The number of rotatable bonds is 7. The highest BCUT2D eigenvalue weighted by atomic mass is 79.9. The third-order valence-electron chi connectivity index (χ3n) is 6.91. The normalized spacial score (nSPS) is 15.7. The first-order chi connectivity index (χ1) is 18.8. The molecular formula is C35H29BrO2. The summed E-state index contributed by atoms with van der Waals surface area (Å²) >= 11 is 3.26. The van der Waals surface area contributed by atoms with Crippen molar-refractivity contribution in [1.82, 2.24) is 0 Å². The number of aryl methyl sites for hydroxylation is 1. The Morgan fingerprint density at radius 1 is 0.711 bits per heavy atom. The SMILES string of the molecule is BrCC#CC#CCOc1ccc(C2c3ccc(OCc4ccccc4)cc3CCC2c2ccccc2)cc1. The maximum absolute atomic E-state index is 6.16. The molecule has 0 amide bonds. The second-order valence-electron chi connectivity index (χ2n) is 9.26. The Morgan fingerprint density at radius 3 is 2.18 bits per heavy atom. The number of ether oxygens (including phenoxy) is 2. The summed E-state index contributed by atoms with van der Waals surface area (Å²) in [5.41, 5.74) is 6.59. The average molecular weight is 562 g/mol. The molecular weight excluding hydrogens is 532 g/mol. The van der Waals surface area contributed by atoms with Crippen molar-refractivity contribution in [2.45, 2.75) is 31.3 Å². The maximum Gasteiger partial charge on any atom is 0.150 e. The van der Waals surface area contributed by atoms with Crippen molar-refractivity contribution in [3.8, 4) is 35.2 Å². The van der Waals surface area contributed by atoms with Crippen LogP contribution in [0, 0.1) is 23.7 Å². The van der Waals surface area contributed by atoms with Gasteiger partial charge in [0.15, 0.2) is 0 Å². The molecule has 1 aliphatic carbocycles. The lowest BCUT2D eigenvalue weighted by Crippen LogP contribution is -2.20. The molecule has 0 aliphatic heterocycles. The molecule has 3 heteroatoms. The van der Waals surface area contributed by atoms with E-state index in [0.717, 1.165) is 24.3 Å². The first-order valence-corrected chi connectivity index (χ1v) is 14.0. The summed E-state index contributed by atoms with van der Waals surface area (Å²) in [6.45, 7) is 0.894. The Bertz CT molecular complexity index is 1460. The number of hydrogen-bond donors (Lipinski definition) is 0. The van der Waals surface area contributed by atoms with Crippen molar-refractivity contribution in [3.05, 3.63) is 131 Å². The van der Waals surface area contributed by atoms with Crippen LogP contribution in [0.1, 0.15) is 46.1 Å². The van der Waals surface area contributed by atoms with Gasteiger partial charge in [-0.05, 0) is 88.6 Å². The Balaban J connectivity index is 1.38. The molecule has 0 saturated heterocycles. The molecule has 0 spiro atoms. The van der Waals surface area contributed by atoms with Crippen LogP contribution in [0.5, 0.6) is 11.5 Å². The lowest BCUT2D eigenvalue weighted by Gasteiger charge is -2.35. The second kappa shape index (κ2) is 13.0. The minimum absolute atomic E-state index is 0.262. The maximum atomic E-state index is 6.16. The van der Waals surface area contributed by atoms with E-state index in [4.69, 9.17) is 9.47 Å². The van der Waals surface area contributed by atoms with Gasteiger partial charge in [-0.25, -0.2) is 0 Å². The van der Waals surface area contributed by atoms with Crippen LogP contribution in [0.25, 0.3) is 0 Å². The van der Waals surface area contributed by atoms with E-state index in [2.05, 4.69) is 125 Å². The van der Waals surface area contributed by atoms with Gasteiger partial charge in [0.1, 0.15) is 24.7 Å². The standard InChI is InChI=1S/C35H29BrO2/c36-23-9-1-2-10-24-37-31-18-15-29(16-19-31)35-33(28-13-7-4-8-14-28)21-17-30-25-32(20-22-34(30)35)38-26-27-11-5-3-6-12-27/h3-8,11-16,18-20,22,25,33,35H,17,21,23-24,26H2. The van der Waals surface area contributed by atoms with Crippen LogP contribution in [0.15, 0.2) is 103 Å². The van der Waals surface area contributed by atoms with Gasteiger partial charge in [0.25, 0.3) is 0 Å². The Labute approximate surface area is 234 Å². The van der Waals surface area contributed by atoms with Gasteiger partial charge in [0, 0.05) is 5.92 Å². The van der Waals surface area contributed by atoms with Crippen molar-refractivity contribution in [3.63, 3.8) is 0 Å². The average Bonchev–Trinajstić information content (AvgIpc) is 2.98. The number of hydrogen-bond acceptors (Lipinski definition) is 2. The van der Waals surface area contributed by atoms with E-state index in [-0.39, 0.29) is 5.92 Å². The fourth-order valence-electron chi connectivity index (χ4n) is 5.15. The predicted octanol–water partition coefficient (Wildman–Crippen LogP) is 7.91. The van der Waals surface area contributed by atoms with Crippen LogP contribution >= 0.6 is 15.9 Å². The topological polar surface area (TPSA) is 18.5 Å². The summed E-state index contributed by atoms with van der Waals surface area (Å²) in [5.74, 6) is 13.8. The summed E-state index contributed by atoms with van der Waals surface area (Å²) in [4.78, 5) is 0. The summed E-state index contributed by atoms with van der Waals surface area (Å²) in [5, 5.41) is 0.625. The lowest BCUT2D eigenvalue weighted by molar-refractivity contribution is 0.305. The van der Waals surface area contributed by atoms with Gasteiger partial charge in [-0.15, -0.1) is 0 Å². The van der Waals surface area contributed by atoms with Crippen molar-refractivity contribution in [1.29, 1.82) is 0 Å². The van der Waals surface area contributed by atoms with Crippen molar-refractivity contribution in [2.75, 3.05) is 11.9 Å². The molecule has 1 aliphatic rings. The summed E-state index contributed by atoms with van der Waals surface area (Å²) in [6, 6.07) is 36.3. The molecule has 0 heterocycles. The van der Waals surface area contributed by atoms with E-state index < -0.39 is 0 Å². The Hall–Kier alpha value is -3.92. The molecule has 0 N–H and O–H groups in total. The molecule has 2 unspecified atom stereocenters. The summed E-state index contributed by atoms with van der Waals surface area (Å²) in [6.07, 6.45) is 2.12. The molecule has 0 bridgehead atoms. The molecule has 38 heavy (non-hydrogen) atoms. The van der Waals surface area contributed by atoms with Crippen LogP contribution in [-0.2, 0) is 13.0 Å². The zero-order valence-electron chi connectivity index (χ0n) is 21.2. The fraction of sp³-hybridized carbons (Fsp3) is 0.200. The smallest absolute Gasteiger partial charge is 0.150 e. The number of alkyl halides is 1. The van der Waals surface area contributed by atoms with Crippen LogP contribution in [0.2, 0.25) is 0 Å². The van der Waals surface area contributed by atoms with E-state index in [1.165, 1.54) is 27.8 Å². The van der Waals surface area contributed by atoms with Crippen LogP contribution in [-0.4, -0.2) is 11.9 Å². The van der Waals surface area contributed by atoms with E-state index in [9.17, 15) is 0 Å². The van der Waals surface area contributed by atoms with E-state index in [1.54, 1.807) is 0 Å². The van der Waals surface area contributed by atoms with Crippen LogP contribution in [0.4, 0.5) is 0 Å². The molecule has 0 fully saturated rings. The lowest BCUT2D eigenvalue weighted by atomic mass is 9.69. The number of benzene rings is 4. The van der Waals surface area contributed by atoms with Crippen LogP contribution in [0.3, 0.4) is 0 Å². The van der Waals surface area contributed by atoms with Crippen molar-refractivity contribution >= 4 is 15.9 Å². The fourth-order valence-corrected chi connectivity index (χ4v) is 5.29. The minimum Gasteiger partial charge on any atom is -0.489 e. The van der Waals surface area contributed by atoms with Gasteiger partial charge >= 0.3 is 0 Å². The van der Waals surface area contributed by atoms with Gasteiger partial charge < -0.3 is 9.47 Å². The molecule has 4 aromatic rings. The zero-order valence-corrected chi connectivity index (χ0v) is 22.8. The summed E-state index contributed by atoms with van der Waals surface area (Å²) < 4.78 is 12.0. The van der Waals surface area contributed by atoms with E-state index in [0.29, 0.717) is 24.5 Å². The molecule has 0 aromatic heterocycles.